The fourth-order valence-electron chi connectivity index (χ4n) is 3.32. The topological polar surface area (TPSA) is 30.7 Å². The maximum atomic E-state index is 6.17. The SMILES string of the molecule is Clc1ccc2c(c1)ncc1c(-c3ccccc3)nn(-c3ccccc3)c12. The molecule has 124 valence electrons. The fourth-order valence-corrected chi connectivity index (χ4v) is 3.49. The lowest BCUT2D eigenvalue weighted by molar-refractivity contribution is 0.918. The monoisotopic (exact) mass is 355 g/mol. The van der Waals surface area contributed by atoms with Gasteiger partial charge in [-0.1, -0.05) is 60.1 Å². The molecule has 0 aliphatic rings. The molecule has 5 aromatic rings. The Kier molecular flexibility index (Phi) is 3.47. The lowest BCUT2D eigenvalue weighted by atomic mass is 10.1. The molecule has 0 saturated carbocycles. The summed E-state index contributed by atoms with van der Waals surface area (Å²) < 4.78 is 2.00. The van der Waals surface area contributed by atoms with E-state index in [0.29, 0.717) is 5.02 Å². The summed E-state index contributed by atoms with van der Waals surface area (Å²) in [5.74, 6) is 0. The average Bonchev–Trinajstić information content (AvgIpc) is 3.09. The lowest BCUT2D eigenvalue weighted by Crippen LogP contribution is -1.96. The number of rotatable bonds is 2. The van der Waals surface area contributed by atoms with Gasteiger partial charge in [0.2, 0.25) is 0 Å². The number of aromatic nitrogens is 3. The normalized spacial score (nSPS) is 11.3. The zero-order valence-corrected chi connectivity index (χ0v) is 14.6. The number of benzene rings is 3. The summed E-state index contributed by atoms with van der Waals surface area (Å²) in [7, 11) is 0. The predicted molar refractivity (Wildman–Crippen MR) is 107 cm³/mol. The summed E-state index contributed by atoms with van der Waals surface area (Å²) in [5, 5.41) is 7.68. The van der Waals surface area contributed by atoms with Crippen LogP contribution in [-0.4, -0.2) is 14.8 Å². The Hall–Kier alpha value is -3.17. The molecular weight excluding hydrogens is 342 g/mol. The number of fused-ring (bicyclic) bond motifs is 3. The Morgan fingerprint density at radius 1 is 0.769 bits per heavy atom. The highest BCUT2D eigenvalue weighted by Crippen LogP contribution is 2.34. The summed E-state index contributed by atoms with van der Waals surface area (Å²) in [6.07, 6.45) is 1.89. The third kappa shape index (κ3) is 2.37. The van der Waals surface area contributed by atoms with Crippen molar-refractivity contribution in [3.63, 3.8) is 0 Å². The van der Waals surface area contributed by atoms with Crippen molar-refractivity contribution in [3.05, 3.63) is 90.1 Å². The van der Waals surface area contributed by atoms with Crippen LogP contribution in [0.2, 0.25) is 5.02 Å². The van der Waals surface area contributed by atoms with Crippen LogP contribution < -0.4 is 0 Å². The third-order valence-corrected chi connectivity index (χ3v) is 4.75. The molecule has 0 aliphatic carbocycles. The van der Waals surface area contributed by atoms with Crippen molar-refractivity contribution >= 4 is 33.4 Å². The van der Waals surface area contributed by atoms with Crippen LogP contribution in [0.1, 0.15) is 0 Å². The molecule has 3 aromatic carbocycles. The van der Waals surface area contributed by atoms with Crippen LogP contribution in [0.15, 0.2) is 85.1 Å². The lowest BCUT2D eigenvalue weighted by Gasteiger charge is -2.06. The number of halogens is 1. The molecule has 2 heterocycles. The molecule has 0 atom stereocenters. The number of hydrogen-bond donors (Lipinski definition) is 0. The van der Waals surface area contributed by atoms with Crippen LogP contribution >= 0.6 is 11.6 Å². The molecule has 0 unspecified atom stereocenters. The van der Waals surface area contributed by atoms with E-state index in [4.69, 9.17) is 16.7 Å². The van der Waals surface area contributed by atoms with E-state index in [1.54, 1.807) is 0 Å². The molecule has 26 heavy (non-hydrogen) atoms. The van der Waals surface area contributed by atoms with Gasteiger partial charge in [-0.25, -0.2) is 4.68 Å². The molecule has 0 N–H and O–H groups in total. The fraction of sp³-hybridized carbons (Fsp3) is 0. The first-order valence-corrected chi connectivity index (χ1v) is 8.77. The summed E-state index contributed by atoms with van der Waals surface area (Å²) in [6.45, 7) is 0. The van der Waals surface area contributed by atoms with Gasteiger partial charge in [0.05, 0.1) is 16.7 Å². The first kappa shape index (κ1) is 15.1. The first-order chi connectivity index (χ1) is 12.8. The molecular formula is C22H14ClN3. The Bertz CT molecular complexity index is 1230. The van der Waals surface area contributed by atoms with Gasteiger partial charge in [-0.3, -0.25) is 4.98 Å². The zero-order chi connectivity index (χ0) is 17.5. The minimum absolute atomic E-state index is 0.679. The zero-order valence-electron chi connectivity index (χ0n) is 13.8. The number of para-hydroxylation sites is 1. The Balaban J connectivity index is 1.93. The molecule has 0 fully saturated rings. The molecule has 3 nitrogen and oxygen atoms in total. The van der Waals surface area contributed by atoms with Crippen LogP contribution in [0.3, 0.4) is 0 Å². The van der Waals surface area contributed by atoms with Crippen molar-refractivity contribution in [2.45, 2.75) is 0 Å². The van der Waals surface area contributed by atoms with E-state index in [9.17, 15) is 0 Å². The van der Waals surface area contributed by atoms with Gasteiger partial charge in [0, 0.05) is 27.6 Å². The molecule has 0 radical (unpaired) electrons. The minimum Gasteiger partial charge on any atom is -0.255 e. The van der Waals surface area contributed by atoms with E-state index in [1.165, 1.54) is 0 Å². The first-order valence-electron chi connectivity index (χ1n) is 8.39. The third-order valence-electron chi connectivity index (χ3n) is 4.52. The number of pyridine rings is 1. The summed E-state index contributed by atoms with van der Waals surface area (Å²) in [4.78, 5) is 4.63. The molecule has 0 saturated heterocycles. The highest BCUT2D eigenvalue weighted by atomic mass is 35.5. The van der Waals surface area contributed by atoms with Crippen LogP contribution in [0.25, 0.3) is 38.8 Å². The second kappa shape index (κ2) is 5.97. The standard InChI is InChI=1S/C22H14ClN3/c23-16-11-12-18-20(13-16)24-14-19-21(15-7-3-1-4-8-15)25-26(22(18)19)17-9-5-2-6-10-17/h1-14H. The predicted octanol–water partition coefficient (Wildman–Crippen LogP) is 5.89. The van der Waals surface area contributed by atoms with Crippen LogP contribution in [0.4, 0.5) is 0 Å². The Labute approximate surface area is 155 Å². The van der Waals surface area contributed by atoms with E-state index in [0.717, 1.165) is 38.8 Å². The van der Waals surface area contributed by atoms with Gasteiger partial charge in [-0.05, 0) is 30.3 Å². The smallest absolute Gasteiger partial charge is 0.102 e. The quantitative estimate of drug-likeness (QED) is 0.395. The minimum atomic E-state index is 0.679. The highest BCUT2D eigenvalue weighted by Gasteiger charge is 2.16. The van der Waals surface area contributed by atoms with Crippen LogP contribution in [0.5, 0.6) is 0 Å². The maximum Gasteiger partial charge on any atom is 0.102 e. The summed E-state index contributed by atoms with van der Waals surface area (Å²) in [6, 6.07) is 26.2. The molecule has 0 aliphatic heterocycles. The van der Waals surface area contributed by atoms with Crippen molar-refractivity contribution in [2.75, 3.05) is 0 Å². The highest BCUT2D eigenvalue weighted by molar-refractivity contribution is 6.31. The second-order valence-corrected chi connectivity index (χ2v) is 6.58. The molecule has 4 heteroatoms. The van der Waals surface area contributed by atoms with E-state index in [-0.39, 0.29) is 0 Å². The summed E-state index contributed by atoms with van der Waals surface area (Å²) >= 11 is 6.17. The second-order valence-electron chi connectivity index (χ2n) is 6.14. The van der Waals surface area contributed by atoms with E-state index in [1.807, 2.05) is 65.5 Å². The van der Waals surface area contributed by atoms with Crippen molar-refractivity contribution in [1.29, 1.82) is 0 Å². The van der Waals surface area contributed by atoms with Crippen LogP contribution in [-0.2, 0) is 0 Å². The number of hydrogen-bond acceptors (Lipinski definition) is 2. The van der Waals surface area contributed by atoms with Crippen molar-refractivity contribution in [1.82, 2.24) is 14.8 Å². The van der Waals surface area contributed by atoms with E-state index in [2.05, 4.69) is 29.2 Å². The van der Waals surface area contributed by atoms with Crippen molar-refractivity contribution in [3.8, 4) is 16.9 Å². The van der Waals surface area contributed by atoms with Gasteiger partial charge in [0.15, 0.2) is 0 Å². The van der Waals surface area contributed by atoms with Gasteiger partial charge >= 0.3 is 0 Å². The average molecular weight is 356 g/mol. The van der Waals surface area contributed by atoms with E-state index >= 15 is 0 Å². The van der Waals surface area contributed by atoms with Gasteiger partial charge in [0.25, 0.3) is 0 Å². The number of nitrogens with zero attached hydrogens (tertiary/aromatic N) is 3. The van der Waals surface area contributed by atoms with E-state index < -0.39 is 0 Å². The largest absolute Gasteiger partial charge is 0.255 e. The Morgan fingerprint density at radius 2 is 1.50 bits per heavy atom. The van der Waals surface area contributed by atoms with Gasteiger partial charge < -0.3 is 0 Å². The van der Waals surface area contributed by atoms with Gasteiger partial charge in [-0.2, -0.15) is 5.10 Å². The molecule has 2 aromatic heterocycles. The molecule has 5 rings (SSSR count). The van der Waals surface area contributed by atoms with Crippen molar-refractivity contribution in [2.24, 2.45) is 0 Å². The molecule has 0 bridgehead atoms. The van der Waals surface area contributed by atoms with Gasteiger partial charge in [-0.15, -0.1) is 0 Å². The molecule has 0 spiro atoms. The maximum absolute atomic E-state index is 6.17. The van der Waals surface area contributed by atoms with Gasteiger partial charge in [0.1, 0.15) is 5.69 Å². The van der Waals surface area contributed by atoms with Crippen molar-refractivity contribution < 1.29 is 0 Å². The Morgan fingerprint density at radius 3 is 2.27 bits per heavy atom. The molecule has 0 amide bonds. The summed E-state index contributed by atoms with van der Waals surface area (Å²) in [5.41, 5.74) is 4.91. The van der Waals surface area contributed by atoms with Crippen LogP contribution in [0, 0.1) is 0 Å².